The molecule has 6 aromatic rings. The average molecular weight is 566 g/mol. The van der Waals surface area contributed by atoms with E-state index in [9.17, 15) is 0 Å². The summed E-state index contributed by atoms with van der Waals surface area (Å²) in [5, 5.41) is 5.79. The molecule has 2 heteroatoms. The Morgan fingerprint density at radius 1 is 0.614 bits per heavy atom. The van der Waals surface area contributed by atoms with Crippen LogP contribution in [0.3, 0.4) is 0 Å². The molecule has 8 rings (SSSR count). The molecule has 1 N–H and O–H groups in total. The van der Waals surface area contributed by atoms with Gasteiger partial charge in [-0.05, 0) is 73.0 Å². The predicted octanol–water partition coefficient (Wildman–Crippen LogP) is 10.8. The SMILES string of the molecule is C=C1C(c2ccccc2)=CC(c2ccccc2-c2c(-c3cccc4c3OCN4)ccc3ccccc23)=CC1c1ccccc1. The zero-order valence-corrected chi connectivity index (χ0v) is 24.3. The van der Waals surface area contributed by atoms with Crippen LogP contribution in [0.5, 0.6) is 5.75 Å². The monoisotopic (exact) mass is 565 g/mol. The largest absolute Gasteiger partial charge is 0.470 e. The minimum atomic E-state index is 0.0586. The fourth-order valence-electron chi connectivity index (χ4n) is 6.72. The summed E-state index contributed by atoms with van der Waals surface area (Å²) in [4.78, 5) is 0. The number of fused-ring (bicyclic) bond motifs is 2. The maximum absolute atomic E-state index is 6.13. The Morgan fingerprint density at radius 2 is 1.32 bits per heavy atom. The number of ether oxygens (including phenoxy) is 1. The average Bonchev–Trinajstić information content (AvgIpc) is 3.58. The normalized spacial score (nSPS) is 15.6. The van der Waals surface area contributed by atoms with E-state index in [2.05, 4.69) is 164 Å². The molecule has 2 nitrogen and oxygen atoms in total. The molecule has 0 bridgehead atoms. The van der Waals surface area contributed by atoms with Gasteiger partial charge in [0.2, 0.25) is 0 Å². The fourth-order valence-corrected chi connectivity index (χ4v) is 6.72. The number of hydrogen-bond acceptors (Lipinski definition) is 2. The molecule has 6 aromatic carbocycles. The first kappa shape index (κ1) is 26.1. The van der Waals surface area contributed by atoms with Crippen LogP contribution in [0.2, 0.25) is 0 Å². The van der Waals surface area contributed by atoms with Crippen molar-refractivity contribution in [1.29, 1.82) is 0 Å². The number of allylic oxidation sites excluding steroid dienone is 5. The van der Waals surface area contributed by atoms with E-state index in [1.807, 2.05) is 0 Å². The lowest BCUT2D eigenvalue weighted by molar-refractivity contribution is 0.374. The lowest BCUT2D eigenvalue weighted by Crippen LogP contribution is -2.07. The lowest BCUT2D eigenvalue weighted by atomic mass is 9.77. The van der Waals surface area contributed by atoms with Crippen molar-refractivity contribution in [2.24, 2.45) is 0 Å². The van der Waals surface area contributed by atoms with Gasteiger partial charge in [-0.3, -0.25) is 0 Å². The van der Waals surface area contributed by atoms with Crippen molar-refractivity contribution in [3.05, 3.63) is 181 Å². The first-order chi connectivity index (χ1) is 21.8. The minimum Gasteiger partial charge on any atom is -0.470 e. The standard InChI is InChI=1S/C42H31NO/c1-28-38(29-13-4-2-5-14-29)25-32(26-39(28)30-15-6-3-7-16-30)33-18-10-11-20-35(33)41-34-19-9-8-17-31(34)23-24-36(41)37-21-12-22-40-42(37)44-27-43-40/h2-26,38,43H,1,27H2. The molecule has 0 saturated carbocycles. The molecule has 0 spiro atoms. The van der Waals surface area contributed by atoms with Gasteiger partial charge in [-0.1, -0.05) is 146 Å². The van der Waals surface area contributed by atoms with Crippen LogP contribution < -0.4 is 10.1 Å². The van der Waals surface area contributed by atoms with E-state index in [1.54, 1.807) is 0 Å². The van der Waals surface area contributed by atoms with Crippen LogP contribution in [0.1, 0.15) is 22.6 Å². The quantitative estimate of drug-likeness (QED) is 0.224. The van der Waals surface area contributed by atoms with E-state index in [4.69, 9.17) is 4.74 Å². The summed E-state index contributed by atoms with van der Waals surface area (Å²) in [6.45, 7) is 5.12. The topological polar surface area (TPSA) is 21.3 Å². The summed E-state index contributed by atoms with van der Waals surface area (Å²) in [5.74, 6) is 0.966. The molecule has 1 unspecified atom stereocenters. The Kier molecular flexibility index (Phi) is 6.46. The van der Waals surface area contributed by atoms with Gasteiger partial charge in [0.1, 0.15) is 0 Å². The van der Waals surface area contributed by atoms with Gasteiger partial charge in [-0.15, -0.1) is 0 Å². The van der Waals surface area contributed by atoms with Crippen LogP contribution in [0, 0.1) is 0 Å². The third-order valence-corrected chi connectivity index (χ3v) is 8.83. The molecule has 44 heavy (non-hydrogen) atoms. The van der Waals surface area contributed by atoms with Crippen molar-refractivity contribution in [2.45, 2.75) is 5.92 Å². The highest BCUT2D eigenvalue weighted by Gasteiger charge is 2.26. The molecule has 0 aromatic heterocycles. The Balaban J connectivity index is 1.39. The van der Waals surface area contributed by atoms with Gasteiger partial charge in [0.05, 0.1) is 5.69 Å². The van der Waals surface area contributed by atoms with Gasteiger partial charge in [-0.25, -0.2) is 0 Å². The molecule has 2 aliphatic rings. The number of rotatable bonds is 5. The van der Waals surface area contributed by atoms with E-state index in [-0.39, 0.29) is 5.92 Å². The molecule has 0 fully saturated rings. The highest BCUT2D eigenvalue weighted by molar-refractivity contribution is 6.08. The molecule has 0 amide bonds. The predicted molar refractivity (Wildman–Crippen MR) is 185 cm³/mol. The van der Waals surface area contributed by atoms with E-state index < -0.39 is 0 Å². The first-order valence-electron chi connectivity index (χ1n) is 15.1. The summed E-state index contributed by atoms with van der Waals surface area (Å²) < 4.78 is 6.13. The molecule has 210 valence electrons. The minimum absolute atomic E-state index is 0.0586. The van der Waals surface area contributed by atoms with Crippen molar-refractivity contribution in [3.8, 4) is 28.0 Å². The van der Waals surface area contributed by atoms with E-state index in [1.165, 1.54) is 49.7 Å². The van der Waals surface area contributed by atoms with Crippen LogP contribution in [-0.4, -0.2) is 6.73 Å². The second-order valence-electron chi connectivity index (χ2n) is 11.4. The van der Waals surface area contributed by atoms with Gasteiger partial charge >= 0.3 is 0 Å². The molecule has 1 heterocycles. The van der Waals surface area contributed by atoms with Gasteiger partial charge in [0, 0.05) is 11.5 Å². The van der Waals surface area contributed by atoms with E-state index in [0.29, 0.717) is 6.73 Å². The zero-order valence-electron chi connectivity index (χ0n) is 24.3. The Hall–Kier alpha value is -5.60. The van der Waals surface area contributed by atoms with Gasteiger partial charge in [0.15, 0.2) is 12.5 Å². The Morgan fingerprint density at radius 3 is 2.16 bits per heavy atom. The second-order valence-corrected chi connectivity index (χ2v) is 11.4. The highest BCUT2D eigenvalue weighted by Crippen LogP contribution is 2.49. The smallest absolute Gasteiger partial charge is 0.159 e. The number of hydrogen-bond donors (Lipinski definition) is 1. The fraction of sp³-hybridized carbons (Fsp3) is 0.0476. The van der Waals surface area contributed by atoms with Crippen LogP contribution >= 0.6 is 0 Å². The molecule has 0 radical (unpaired) electrons. The molecule has 0 saturated heterocycles. The Bertz CT molecular complexity index is 2100. The molecule has 1 atom stereocenters. The second kappa shape index (κ2) is 10.9. The summed E-state index contributed by atoms with van der Waals surface area (Å²) in [6.07, 6.45) is 4.72. The molecule has 1 aliphatic heterocycles. The third-order valence-electron chi connectivity index (χ3n) is 8.83. The lowest BCUT2D eigenvalue weighted by Gasteiger charge is -2.27. The van der Waals surface area contributed by atoms with Crippen molar-refractivity contribution in [1.82, 2.24) is 0 Å². The third kappa shape index (κ3) is 4.44. The summed E-state index contributed by atoms with van der Waals surface area (Å²) in [5.41, 5.74) is 12.8. The molecule has 1 aliphatic carbocycles. The number of nitrogens with one attached hydrogen (secondary N) is 1. The Labute approximate surface area is 258 Å². The molecular weight excluding hydrogens is 534 g/mol. The number of benzene rings is 6. The van der Waals surface area contributed by atoms with Gasteiger partial charge < -0.3 is 10.1 Å². The summed E-state index contributed by atoms with van der Waals surface area (Å²) in [7, 11) is 0. The zero-order chi connectivity index (χ0) is 29.5. The van der Waals surface area contributed by atoms with Crippen molar-refractivity contribution in [3.63, 3.8) is 0 Å². The van der Waals surface area contributed by atoms with E-state index in [0.717, 1.165) is 28.1 Å². The maximum Gasteiger partial charge on any atom is 0.159 e. The van der Waals surface area contributed by atoms with Crippen LogP contribution in [0.25, 0.3) is 44.2 Å². The maximum atomic E-state index is 6.13. The van der Waals surface area contributed by atoms with Gasteiger partial charge in [-0.2, -0.15) is 0 Å². The van der Waals surface area contributed by atoms with Crippen molar-refractivity contribution in [2.75, 3.05) is 12.0 Å². The summed E-state index contributed by atoms with van der Waals surface area (Å²) >= 11 is 0. The first-order valence-corrected chi connectivity index (χ1v) is 15.1. The number of anilines is 1. The highest BCUT2D eigenvalue weighted by atomic mass is 16.5. The van der Waals surface area contributed by atoms with Crippen molar-refractivity contribution < 1.29 is 4.74 Å². The van der Waals surface area contributed by atoms with Crippen LogP contribution in [0.4, 0.5) is 5.69 Å². The van der Waals surface area contributed by atoms with Crippen molar-refractivity contribution >= 4 is 27.6 Å². The van der Waals surface area contributed by atoms with Crippen LogP contribution in [-0.2, 0) is 0 Å². The van der Waals surface area contributed by atoms with Gasteiger partial charge in [0.25, 0.3) is 0 Å². The summed E-state index contributed by atoms with van der Waals surface area (Å²) in [6, 6.07) is 49.7. The molecular formula is C42H31NO. The van der Waals surface area contributed by atoms with Crippen LogP contribution in [0.15, 0.2) is 164 Å². The van der Waals surface area contributed by atoms with E-state index >= 15 is 0 Å². The number of para-hydroxylation sites is 1.